The van der Waals surface area contributed by atoms with Crippen LogP contribution in [0.5, 0.6) is 5.88 Å². The summed E-state index contributed by atoms with van der Waals surface area (Å²) in [6, 6.07) is 3.63. The quantitative estimate of drug-likeness (QED) is 0.852. The zero-order chi connectivity index (χ0) is 15.1. The van der Waals surface area contributed by atoms with Crippen LogP contribution in [0.2, 0.25) is 0 Å². The third-order valence-electron chi connectivity index (χ3n) is 3.34. The lowest BCUT2D eigenvalue weighted by molar-refractivity contribution is -0.137. The maximum Gasteiger partial charge on any atom is 0.239 e. The maximum atomic E-state index is 11.9. The highest BCUT2D eigenvalue weighted by Crippen LogP contribution is 2.10. The highest BCUT2D eigenvalue weighted by Gasteiger charge is 2.20. The molecule has 1 aliphatic rings. The van der Waals surface area contributed by atoms with E-state index in [0.717, 1.165) is 18.4 Å². The number of nitrogens with one attached hydrogen (secondary N) is 1. The lowest BCUT2D eigenvalue weighted by atomic mass is 10.1. The molecule has 0 saturated carbocycles. The lowest BCUT2D eigenvalue weighted by Crippen LogP contribution is -2.42. The molecule has 0 aromatic carbocycles. The van der Waals surface area contributed by atoms with E-state index in [1.807, 2.05) is 13.0 Å². The molecule has 1 aliphatic heterocycles. The van der Waals surface area contributed by atoms with Crippen LogP contribution in [0.15, 0.2) is 18.3 Å². The average molecular weight is 291 g/mol. The van der Waals surface area contributed by atoms with E-state index in [2.05, 4.69) is 10.3 Å². The van der Waals surface area contributed by atoms with Gasteiger partial charge in [0.2, 0.25) is 17.7 Å². The van der Waals surface area contributed by atoms with Gasteiger partial charge in [0.25, 0.3) is 0 Å². The molecule has 0 unspecified atom stereocenters. The number of aromatic nitrogens is 1. The second-order valence-electron chi connectivity index (χ2n) is 4.98. The summed E-state index contributed by atoms with van der Waals surface area (Å²) in [5, 5.41) is 2.82. The van der Waals surface area contributed by atoms with E-state index >= 15 is 0 Å². The number of piperidine rings is 1. The van der Waals surface area contributed by atoms with Crippen LogP contribution in [0.1, 0.15) is 31.7 Å². The number of hydrogen-bond acceptors (Lipinski definition) is 4. The standard InChI is InChI=1S/C15H21N3O3/c1-2-21-14-9-12(6-7-16-14)10-17-13(19)11-18-8-4-3-5-15(18)20/h6-7,9H,2-5,8,10-11H2,1H3,(H,17,19). The second-order valence-corrected chi connectivity index (χ2v) is 4.98. The fourth-order valence-corrected chi connectivity index (χ4v) is 2.25. The van der Waals surface area contributed by atoms with Crippen LogP contribution in [-0.4, -0.2) is 41.4 Å². The van der Waals surface area contributed by atoms with Gasteiger partial charge in [0.05, 0.1) is 13.2 Å². The lowest BCUT2D eigenvalue weighted by Gasteiger charge is -2.25. The first-order chi connectivity index (χ1) is 10.2. The van der Waals surface area contributed by atoms with Gasteiger partial charge in [0.1, 0.15) is 0 Å². The van der Waals surface area contributed by atoms with Gasteiger partial charge in [-0.25, -0.2) is 4.98 Å². The Morgan fingerprint density at radius 1 is 1.48 bits per heavy atom. The van der Waals surface area contributed by atoms with Crippen LogP contribution in [0.4, 0.5) is 0 Å². The number of amides is 2. The Bertz CT molecular complexity index is 505. The van der Waals surface area contributed by atoms with Crippen LogP contribution in [0, 0.1) is 0 Å². The first-order valence-corrected chi connectivity index (χ1v) is 7.31. The number of nitrogens with zero attached hydrogens (tertiary/aromatic N) is 2. The zero-order valence-electron chi connectivity index (χ0n) is 12.3. The van der Waals surface area contributed by atoms with Gasteiger partial charge in [0.15, 0.2) is 0 Å². The Balaban J connectivity index is 1.80. The molecule has 2 rings (SSSR count). The first kappa shape index (κ1) is 15.3. The number of ether oxygens (including phenoxy) is 1. The molecular formula is C15H21N3O3. The predicted molar refractivity (Wildman–Crippen MR) is 77.7 cm³/mol. The minimum absolute atomic E-state index is 0.0685. The summed E-state index contributed by atoms with van der Waals surface area (Å²) in [5.41, 5.74) is 0.923. The minimum atomic E-state index is -0.139. The van der Waals surface area contributed by atoms with E-state index in [-0.39, 0.29) is 18.4 Å². The second kappa shape index (κ2) is 7.61. The molecule has 1 aromatic rings. The Morgan fingerprint density at radius 3 is 3.10 bits per heavy atom. The number of likely N-dealkylation sites (tertiary alicyclic amines) is 1. The highest BCUT2D eigenvalue weighted by atomic mass is 16.5. The fraction of sp³-hybridized carbons (Fsp3) is 0.533. The van der Waals surface area contributed by atoms with E-state index in [9.17, 15) is 9.59 Å². The number of carbonyl (C=O) groups is 2. The van der Waals surface area contributed by atoms with Crippen LogP contribution in [-0.2, 0) is 16.1 Å². The Morgan fingerprint density at radius 2 is 2.33 bits per heavy atom. The van der Waals surface area contributed by atoms with Gasteiger partial charge < -0.3 is 15.0 Å². The highest BCUT2D eigenvalue weighted by molar-refractivity contribution is 5.85. The van der Waals surface area contributed by atoms with Gasteiger partial charge in [-0.3, -0.25) is 9.59 Å². The van der Waals surface area contributed by atoms with E-state index in [1.54, 1.807) is 17.2 Å². The number of carbonyl (C=O) groups excluding carboxylic acids is 2. The molecule has 0 aliphatic carbocycles. The van der Waals surface area contributed by atoms with Crippen molar-refractivity contribution in [3.05, 3.63) is 23.9 Å². The van der Waals surface area contributed by atoms with Crippen molar-refractivity contribution in [2.24, 2.45) is 0 Å². The smallest absolute Gasteiger partial charge is 0.239 e. The molecule has 0 atom stereocenters. The maximum absolute atomic E-state index is 11.9. The Labute approximate surface area is 124 Å². The SMILES string of the molecule is CCOc1cc(CNC(=O)CN2CCCCC2=O)ccn1. The third-order valence-corrected chi connectivity index (χ3v) is 3.34. The third kappa shape index (κ3) is 4.73. The van der Waals surface area contributed by atoms with Crippen molar-refractivity contribution < 1.29 is 14.3 Å². The summed E-state index contributed by atoms with van der Waals surface area (Å²) in [7, 11) is 0. The normalized spacial score (nSPS) is 14.9. The number of rotatable bonds is 6. The van der Waals surface area contributed by atoms with Gasteiger partial charge in [-0.1, -0.05) is 0 Å². The van der Waals surface area contributed by atoms with Crippen molar-refractivity contribution in [3.63, 3.8) is 0 Å². The van der Waals surface area contributed by atoms with Crippen LogP contribution < -0.4 is 10.1 Å². The van der Waals surface area contributed by atoms with Crippen molar-refractivity contribution in [1.29, 1.82) is 0 Å². The summed E-state index contributed by atoms with van der Waals surface area (Å²) in [6.45, 7) is 3.67. The predicted octanol–water partition coefficient (Wildman–Crippen LogP) is 1.11. The van der Waals surface area contributed by atoms with Crippen molar-refractivity contribution in [2.75, 3.05) is 19.7 Å². The van der Waals surface area contributed by atoms with E-state index in [4.69, 9.17) is 4.74 Å². The van der Waals surface area contributed by atoms with E-state index in [0.29, 0.717) is 32.0 Å². The molecule has 1 fully saturated rings. The van der Waals surface area contributed by atoms with Gasteiger partial charge >= 0.3 is 0 Å². The topological polar surface area (TPSA) is 71.5 Å². The zero-order valence-corrected chi connectivity index (χ0v) is 12.3. The molecule has 2 amide bonds. The molecule has 0 radical (unpaired) electrons. The molecule has 0 spiro atoms. The van der Waals surface area contributed by atoms with Crippen molar-refractivity contribution in [3.8, 4) is 5.88 Å². The Kier molecular flexibility index (Phi) is 5.54. The van der Waals surface area contributed by atoms with Crippen LogP contribution in [0.25, 0.3) is 0 Å². The van der Waals surface area contributed by atoms with Crippen molar-refractivity contribution in [1.82, 2.24) is 15.2 Å². The molecule has 21 heavy (non-hydrogen) atoms. The largest absolute Gasteiger partial charge is 0.478 e. The molecule has 6 heteroatoms. The molecular weight excluding hydrogens is 270 g/mol. The van der Waals surface area contributed by atoms with Crippen molar-refractivity contribution in [2.45, 2.75) is 32.7 Å². The van der Waals surface area contributed by atoms with E-state index in [1.165, 1.54) is 0 Å². The molecule has 1 aromatic heterocycles. The van der Waals surface area contributed by atoms with Crippen LogP contribution >= 0.6 is 0 Å². The molecule has 114 valence electrons. The molecule has 1 saturated heterocycles. The van der Waals surface area contributed by atoms with E-state index < -0.39 is 0 Å². The molecule has 1 N–H and O–H groups in total. The van der Waals surface area contributed by atoms with Gasteiger partial charge in [-0.05, 0) is 31.4 Å². The summed E-state index contributed by atoms with van der Waals surface area (Å²) >= 11 is 0. The van der Waals surface area contributed by atoms with Crippen molar-refractivity contribution >= 4 is 11.8 Å². The summed E-state index contributed by atoms with van der Waals surface area (Å²) in [4.78, 5) is 29.2. The molecule has 2 heterocycles. The average Bonchev–Trinajstić information content (AvgIpc) is 2.48. The number of pyridine rings is 1. The molecule has 6 nitrogen and oxygen atoms in total. The van der Waals surface area contributed by atoms with Gasteiger partial charge in [-0.2, -0.15) is 0 Å². The summed E-state index contributed by atoms with van der Waals surface area (Å²) in [5.74, 6) is 0.481. The Hall–Kier alpha value is -2.11. The van der Waals surface area contributed by atoms with Crippen LogP contribution in [0.3, 0.4) is 0 Å². The monoisotopic (exact) mass is 291 g/mol. The fourth-order valence-electron chi connectivity index (χ4n) is 2.25. The summed E-state index contributed by atoms with van der Waals surface area (Å²) in [6.07, 6.45) is 4.10. The first-order valence-electron chi connectivity index (χ1n) is 7.31. The summed E-state index contributed by atoms with van der Waals surface area (Å²) < 4.78 is 5.31. The van der Waals surface area contributed by atoms with Gasteiger partial charge in [-0.15, -0.1) is 0 Å². The van der Waals surface area contributed by atoms with Gasteiger partial charge in [0, 0.05) is 31.8 Å². The molecule has 0 bridgehead atoms. The minimum Gasteiger partial charge on any atom is -0.478 e. The number of hydrogen-bond donors (Lipinski definition) is 1.